The number of aromatic amines is 1. The molecule has 1 saturated heterocycles. The molecule has 2 aromatic heterocycles. The van der Waals surface area contributed by atoms with Crippen molar-refractivity contribution in [2.45, 2.75) is 18.9 Å². The molecule has 1 aliphatic heterocycles. The fourth-order valence-corrected chi connectivity index (χ4v) is 2.05. The average Bonchev–Trinajstić information content (AvgIpc) is 3.06. The topological polar surface area (TPSA) is 114 Å². The van der Waals surface area contributed by atoms with Gasteiger partial charge in [-0.15, -0.1) is 0 Å². The van der Waals surface area contributed by atoms with E-state index in [1.807, 2.05) is 0 Å². The van der Waals surface area contributed by atoms with E-state index in [0.717, 1.165) is 31.4 Å². The minimum absolute atomic E-state index is 0.246. The number of ether oxygens (including phenoxy) is 1. The van der Waals surface area contributed by atoms with E-state index in [4.69, 9.17) is 10.6 Å². The minimum Gasteiger partial charge on any atom is -0.376 e. The molecule has 0 aromatic carbocycles. The molecule has 18 heavy (non-hydrogen) atoms. The van der Waals surface area contributed by atoms with Crippen molar-refractivity contribution in [1.29, 1.82) is 0 Å². The van der Waals surface area contributed by atoms with Crippen molar-refractivity contribution >= 4 is 22.8 Å². The summed E-state index contributed by atoms with van der Waals surface area (Å²) in [4.78, 5) is 8.44. The van der Waals surface area contributed by atoms with Crippen LogP contribution in [0.2, 0.25) is 0 Å². The Balaban J connectivity index is 1.82. The van der Waals surface area contributed by atoms with Gasteiger partial charge in [0.05, 0.1) is 17.7 Å². The van der Waals surface area contributed by atoms with Crippen LogP contribution in [0.5, 0.6) is 0 Å². The average molecular weight is 249 g/mol. The maximum Gasteiger partial charge on any atom is 0.241 e. The highest BCUT2D eigenvalue weighted by molar-refractivity contribution is 5.86. The van der Waals surface area contributed by atoms with Crippen LogP contribution in [0.25, 0.3) is 11.0 Å². The predicted molar refractivity (Wildman–Crippen MR) is 67.0 cm³/mol. The Morgan fingerprint density at radius 3 is 3.22 bits per heavy atom. The molecule has 1 fully saturated rings. The molecule has 1 atom stereocenters. The Labute approximate surface area is 103 Å². The third-order valence-corrected chi connectivity index (χ3v) is 2.96. The molecular formula is C10H15N7O. The van der Waals surface area contributed by atoms with Gasteiger partial charge in [0.1, 0.15) is 5.82 Å². The number of rotatable bonds is 4. The van der Waals surface area contributed by atoms with Crippen molar-refractivity contribution in [1.82, 2.24) is 20.2 Å². The highest BCUT2D eigenvalue weighted by atomic mass is 16.5. The Hall–Kier alpha value is -1.93. The van der Waals surface area contributed by atoms with Crippen LogP contribution in [-0.2, 0) is 4.74 Å². The van der Waals surface area contributed by atoms with E-state index in [0.29, 0.717) is 17.4 Å². The fraction of sp³-hybridized carbons (Fsp3) is 0.500. The number of aromatic nitrogens is 4. The number of H-pyrrole nitrogens is 1. The lowest BCUT2D eigenvalue weighted by Gasteiger charge is -2.12. The number of nitrogens with zero attached hydrogens (tertiary/aromatic N) is 3. The molecule has 3 heterocycles. The zero-order valence-electron chi connectivity index (χ0n) is 9.81. The van der Waals surface area contributed by atoms with Gasteiger partial charge in [-0.05, 0) is 12.8 Å². The maximum absolute atomic E-state index is 5.56. The van der Waals surface area contributed by atoms with Crippen molar-refractivity contribution in [2.75, 3.05) is 23.9 Å². The molecule has 2 aromatic rings. The first-order chi connectivity index (χ1) is 8.86. The number of nitrogen functional groups attached to an aromatic ring is 1. The molecule has 8 heteroatoms. The summed E-state index contributed by atoms with van der Waals surface area (Å²) in [6.07, 6.45) is 4.13. The summed E-state index contributed by atoms with van der Waals surface area (Å²) in [5, 5.41) is 10.8. The van der Waals surface area contributed by atoms with Gasteiger partial charge < -0.3 is 10.1 Å². The Morgan fingerprint density at radius 2 is 2.44 bits per heavy atom. The van der Waals surface area contributed by atoms with E-state index in [2.05, 4.69) is 30.9 Å². The number of hydrazine groups is 1. The number of nitrogens with one attached hydrogen (secondary N) is 3. The van der Waals surface area contributed by atoms with Crippen molar-refractivity contribution in [3.8, 4) is 0 Å². The van der Waals surface area contributed by atoms with Gasteiger partial charge in [0.15, 0.2) is 5.65 Å². The monoisotopic (exact) mass is 249 g/mol. The van der Waals surface area contributed by atoms with Gasteiger partial charge in [-0.25, -0.2) is 5.84 Å². The molecule has 1 aliphatic rings. The molecule has 5 N–H and O–H groups in total. The molecule has 3 rings (SSSR count). The third kappa shape index (κ3) is 2.07. The standard InChI is InChI=1S/C10H15N7O/c11-16-10-14-8(7-5-13-17-9(7)15-10)12-4-6-2-1-3-18-6/h5-6H,1-4,11H2,(H3,12,13,14,15,16,17). The van der Waals surface area contributed by atoms with E-state index >= 15 is 0 Å². The van der Waals surface area contributed by atoms with Crippen molar-refractivity contribution in [2.24, 2.45) is 5.84 Å². The second-order valence-corrected chi connectivity index (χ2v) is 4.19. The second-order valence-electron chi connectivity index (χ2n) is 4.19. The highest BCUT2D eigenvalue weighted by Gasteiger charge is 2.16. The van der Waals surface area contributed by atoms with Crippen LogP contribution in [0.1, 0.15) is 12.8 Å². The Morgan fingerprint density at radius 1 is 1.50 bits per heavy atom. The minimum atomic E-state index is 0.246. The molecule has 0 radical (unpaired) electrons. The maximum atomic E-state index is 5.56. The summed E-state index contributed by atoms with van der Waals surface area (Å²) in [5.41, 5.74) is 3.08. The quantitative estimate of drug-likeness (QED) is 0.453. The first-order valence-corrected chi connectivity index (χ1v) is 5.90. The second kappa shape index (κ2) is 4.75. The van der Waals surface area contributed by atoms with Crippen molar-refractivity contribution < 1.29 is 4.74 Å². The molecule has 0 amide bonds. The van der Waals surface area contributed by atoms with Gasteiger partial charge in [-0.2, -0.15) is 15.1 Å². The summed E-state index contributed by atoms with van der Waals surface area (Å²) < 4.78 is 5.56. The van der Waals surface area contributed by atoms with Crippen LogP contribution in [0, 0.1) is 0 Å². The van der Waals surface area contributed by atoms with Gasteiger partial charge in [0, 0.05) is 13.2 Å². The molecule has 0 aliphatic carbocycles. The SMILES string of the molecule is NNc1nc(NCC2CCCO2)c2cn[nH]c2n1. The van der Waals surface area contributed by atoms with Gasteiger partial charge in [0.2, 0.25) is 5.95 Å². The molecule has 1 unspecified atom stereocenters. The van der Waals surface area contributed by atoms with Gasteiger partial charge in [-0.3, -0.25) is 10.5 Å². The summed E-state index contributed by atoms with van der Waals surface area (Å²) in [6, 6.07) is 0. The van der Waals surface area contributed by atoms with E-state index in [9.17, 15) is 0 Å². The predicted octanol–water partition coefficient (Wildman–Crippen LogP) is 0.229. The molecule has 0 saturated carbocycles. The van der Waals surface area contributed by atoms with E-state index in [-0.39, 0.29) is 6.10 Å². The lowest BCUT2D eigenvalue weighted by molar-refractivity contribution is 0.120. The first-order valence-electron chi connectivity index (χ1n) is 5.90. The van der Waals surface area contributed by atoms with Crippen molar-refractivity contribution in [3.05, 3.63) is 6.20 Å². The van der Waals surface area contributed by atoms with Crippen LogP contribution in [0.4, 0.5) is 11.8 Å². The summed E-state index contributed by atoms with van der Waals surface area (Å²) in [6.45, 7) is 1.56. The molecule has 0 spiro atoms. The molecular weight excluding hydrogens is 234 g/mol. The van der Waals surface area contributed by atoms with Crippen molar-refractivity contribution in [3.63, 3.8) is 0 Å². The lowest BCUT2D eigenvalue weighted by atomic mass is 10.2. The lowest BCUT2D eigenvalue weighted by Crippen LogP contribution is -2.20. The van der Waals surface area contributed by atoms with Gasteiger partial charge in [-0.1, -0.05) is 0 Å². The van der Waals surface area contributed by atoms with Gasteiger partial charge in [0.25, 0.3) is 0 Å². The molecule has 96 valence electrons. The first kappa shape index (κ1) is 11.2. The Bertz CT molecular complexity index is 534. The van der Waals surface area contributed by atoms with Crippen LogP contribution in [0.3, 0.4) is 0 Å². The zero-order chi connectivity index (χ0) is 12.4. The summed E-state index contributed by atoms with van der Waals surface area (Å²) in [7, 11) is 0. The summed E-state index contributed by atoms with van der Waals surface area (Å²) in [5.74, 6) is 6.39. The van der Waals surface area contributed by atoms with Crippen LogP contribution in [-0.4, -0.2) is 39.4 Å². The van der Waals surface area contributed by atoms with Gasteiger partial charge >= 0.3 is 0 Å². The fourth-order valence-electron chi connectivity index (χ4n) is 2.05. The van der Waals surface area contributed by atoms with Crippen LogP contribution >= 0.6 is 0 Å². The van der Waals surface area contributed by atoms with E-state index < -0.39 is 0 Å². The number of anilines is 2. The third-order valence-electron chi connectivity index (χ3n) is 2.96. The Kier molecular flexibility index (Phi) is 2.95. The number of fused-ring (bicyclic) bond motifs is 1. The normalized spacial score (nSPS) is 19.3. The highest BCUT2D eigenvalue weighted by Crippen LogP contribution is 2.20. The zero-order valence-corrected chi connectivity index (χ0v) is 9.81. The van der Waals surface area contributed by atoms with E-state index in [1.165, 1.54) is 0 Å². The summed E-state index contributed by atoms with van der Waals surface area (Å²) >= 11 is 0. The smallest absolute Gasteiger partial charge is 0.241 e. The molecule has 8 nitrogen and oxygen atoms in total. The number of hydrogen-bond acceptors (Lipinski definition) is 7. The number of nitrogens with two attached hydrogens (primary N) is 1. The van der Waals surface area contributed by atoms with Crippen LogP contribution < -0.4 is 16.6 Å². The molecule has 0 bridgehead atoms. The van der Waals surface area contributed by atoms with E-state index in [1.54, 1.807) is 6.20 Å². The number of hydrogen-bond donors (Lipinski definition) is 4. The van der Waals surface area contributed by atoms with Crippen LogP contribution in [0.15, 0.2) is 6.20 Å². The largest absolute Gasteiger partial charge is 0.376 e.